The molecule has 0 aromatic rings. The van der Waals surface area contributed by atoms with Gasteiger partial charge in [0.2, 0.25) is 0 Å². The van der Waals surface area contributed by atoms with Crippen molar-refractivity contribution in [1.29, 1.82) is 0 Å². The van der Waals surface area contributed by atoms with Gasteiger partial charge in [0.05, 0.1) is 12.2 Å². The number of ether oxygens (including phenoxy) is 2. The van der Waals surface area contributed by atoms with Crippen LogP contribution >= 0.6 is 0 Å². The van der Waals surface area contributed by atoms with Crippen molar-refractivity contribution in [3.8, 4) is 0 Å². The molecule has 94 valence electrons. The highest BCUT2D eigenvalue weighted by Gasteiger charge is 2.41. The van der Waals surface area contributed by atoms with Gasteiger partial charge >= 0.3 is 0 Å². The van der Waals surface area contributed by atoms with E-state index in [1.807, 2.05) is 0 Å². The Morgan fingerprint density at radius 3 is 2.44 bits per heavy atom. The molecule has 0 atom stereocenters. The van der Waals surface area contributed by atoms with Gasteiger partial charge in [-0.2, -0.15) is 0 Å². The zero-order valence-corrected chi connectivity index (χ0v) is 10.5. The van der Waals surface area contributed by atoms with Crippen molar-refractivity contribution in [3.63, 3.8) is 0 Å². The lowest BCUT2D eigenvalue weighted by Gasteiger charge is -2.50. The summed E-state index contributed by atoms with van der Waals surface area (Å²) in [6.45, 7) is 9.52. The van der Waals surface area contributed by atoms with E-state index < -0.39 is 0 Å². The molecule has 2 heterocycles. The van der Waals surface area contributed by atoms with Crippen LogP contribution in [0.2, 0.25) is 0 Å². The van der Waals surface area contributed by atoms with E-state index >= 15 is 0 Å². The zero-order chi connectivity index (χ0) is 11.6. The molecule has 2 fully saturated rings. The standard InChI is InChI=1S/C12H24N2O2/c1-11(2)10-14(5-8-16-11)12(9-13)3-6-15-7-4-12/h3-10,13H2,1-2H3. The fourth-order valence-corrected chi connectivity index (χ4v) is 2.82. The van der Waals surface area contributed by atoms with E-state index in [0.717, 1.165) is 52.3 Å². The molecule has 0 aliphatic carbocycles. The van der Waals surface area contributed by atoms with Gasteiger partial charge in [-0.3, -0.25) is 4.90 Å². The maximum atomic E-state index is 6.02. The lowest BCUT2D eigenvalue weighted by molar-refractivity contribution is -0.132. The van der Waals surface area contributed by atoms with Gasteiger partial charge in [0.15, 0.2) is 0 Å². The van der Waals surface area contributed by atoms with Crippen LogP contribution in [-0.4, -0.2) is 55.5 Å². The van der Waals surface area contributed by atoms with Crippen molar-refractivity contribution in [1.82, 2.24) is 4.90 Å². The van der Waals surface area contributed by atoms with Gasteiger partial charge in [-0.05, 0) is 26.7 Å². The molecule has 0 aromatic heterocycles. The molecule has 2 aliphatic rings. The molecule has 4 nitrogen and oxygen atoms in total. The Labute approximate surface area is 98.1 Å². The largest absolute Gasteiger partial charge is 0.381 e. The topological polar surface area (TPSA) is 47.7 Å². The van der Waals surface area contributed by atoms with Crippen LogP contribution in [0.1, 0.15) is 26.7 Å². The molecule has 0 aromatic carbocycles. The summed E-state index contributed by atoms with van der Waals surface area (Å²) in [7, 11) is 0. The van der Waals surface area contributed by atoms with E-state index in [2.05, 4.69) is 18.7 Å². The number of hydrogen-bond acceptors (Lipinski definition) is 4. The molecular weight excluding hydrogens is 204 g/mol. The smallest absolute Gasteiger partial charge is 0.0753 e. The number of hydrogen-bond donors (Lipinski definition) is 1. The Morgan fingerprint density at radius 1 is 1.19 bits per heavy atom. The quantitative estimate of drug-likeness (QED) is 0.752. The third-order valence-electron chi connectivity index (χ3n) is 3.90. The second-order valence-electron chi connectivity index (χ2n) is 5.57. The van der Waals surface area contributed by atoms with E-state index in [1.165, 1.54) is 0 Å². The molecular formula is C12H24N2O2. The van der Waals surface area contributed by atoms with Crippen LogP contribution in [0.4, 0.5) is 0 Å². The molecule has 2 rings (SSSR count). The highest BCUT2D eigenvalue weighted by atomic mass is 16.5. The predicted molar refractivity (Wildman–Crippen MR) is 63.4 cm³/mol. The van der Waals surface area contributed by atoms with E-state index in [4.69, 9.17) is 15.2 Å². The second-order valence-corrected chi connectivity index (χ2v) is 5.57. The maximum Gasteiger partial charge on any atom is 0.0753 e. The van der Waals surface area contributed by atoms with E-state index in [9.17, 15) is 0 Å². The van der Waals surface area contributed by atoms with Gasteiger partial charge in [0.25, 0.3) is 0 Å². The van der Waals surface area contributed by atoms with Crippen LogP contribution < -0.4 is 5.73 Å². The van der Waals surface area contributed by atoms with Crippen molar-refractivity contribution >= 4 is 0 Å². The zero-order valence-electron chi connectivity index (χ0n) is 10.5. The van der Waals surface area contributed by atoms with Crippen LogP contribution in [0.3, 0.4) is 0 Å². The Morgan fingerprint density at radius 2 is 1.88 bits per heavy atom. The van der Waals surface area contributed by atoms with Crippen LogP contribution in [0.25, 0.3) is 0 Å². The number of nitrogens with two attached hydrogens (primary N) is 1. The SMILES string of the molecule is CC1(C)CN(C2(CN)CCOCC2)CCO1. The summed E-state index contributed by atoms with van der Waals surface area (Å²) in [4.78, 5) is 2.53. The molecule has 0 saturated carbocycles. The van der Waals surface area contributed by atoms with Crippen LogP contribution in [0.5, 0.6) is 0 Å². The first-order valence-electron chi connectivity index (χ1n) is 6.25. The van der Waals surface area contributed by atoms with Gasteiger partial charge in [-0.25, -0.2) is 0 Å². The predicted octanol–water partition coefficient (Wildman–Crippen LogP) is 0.605. The highest BCUT2D eigenvalue weighted by molar-refractivity contribution is 4.97. The lowest BCUT2D eigenvalue weighted by atomic mass is 9.86. The molecule has 0 radical (unpaired) electrons. The molecule has 0 unspecified atom stereocenters. The summed E-state index contributed by atoms with van der Waals surface area (Å²) in [5.41, 5.74) is 6.13. The Hall–Kier alpha value is -0.160. The van der Waals surface area contributed by atoms with Gasteiger partial charge in [0, 0.05) is 38.4 Å². The minimum absolute atomic E-state index is 0.0429. The van der Waals surface area contributed by atoms with Crippen molar-refractivity contribution in [3.05, 3.63) is 0 Å². The molecule has 2 N–H and O–H groups in total. The fourth-order valence-electron chi connectivity index (χ4n) is 2.82. The first-order chi connectivity index (χ1) is 7.58. The van der Waals surface area contributed by atoms with Gasteiger partial charge in [0.1, 0.15) is 0 Å². The maximum absolute atomic E-state index is 6.02. The first kappa shape index (κ1) is 12.3. The van der Waals surface area contributed by atoms with Crippen LogP contribution in [-0.2, 0) is 9.47 Å². The van der Waals surface area contributed by atoms with Gasteiger partial charge in [-0.15, -0.1) is 0 Å². The van der Waals surface area contributed by atoms with Crippen molar-refractivity contribution in [2.24, 2.45) is 5.73 Å². The van der Waals surface area contributed by atoms with Gasteiger partial charge in [-0.1, -0.05) is 0 Å². The first-order valence-corrected chi connectivity index (χ1v) is 6.25. The molecule has 0 spiro atoms. The summed E-state index contributed by atoms with van der Waals surface area (Å²) in [5, 5.41) is 0. The summed E-state index contributed by atoms with van der Waals surface area (Å²) in [5.74, 6) is 0. The third kappa shape index (κ3) is 2.40. The minimum atomic E-state index is -0.0429. The van der Waals surface area contributed by atoms with Crippen molar-refractivity contribution in [2.45, 2.75) is 37.8 Å². The van der Waals surface area contributed by atoms with Crippen LogP contribution in [0.15, 0.2) is 0 Å². The minimum Gasteiger partial charge on any atom is -0.381 e. The molecule has 0 amide bonds. The number of rotatable bonds is 2. The summed E-state index contributed by atoms with van der Waals surface area (Å²) < 4.78 is 11.2. The molecule has 0 bridgehead atoms. The van der Waals surface area contributed by atoms with Crippen molar-refractivity contribution < 1.29 is 9.47 Å². The average Bonchev–Trinajstić information content (AvgIpc) is 2.29. The summed E-state index contributed by atoms with van der Waals surface area (Å²) >= 11 is 0. The lowest BCUT2D eigenvalue weighted by Crippen LogP contribution is -2.63. The highest BCUT2D eigenvalue weighted by Crippen LogP contribution is 2.31. The Bertz CT molecular complexity index is 237. The molecule has 4 heteroatoms. The molecule has 16 heavy (non-hydrogen) atoms. The van der Waals surface area contributed by atoms with E-state index in [1.54, 1.807) is 0 Å². The number of morpholine rings is 1. The van der Waals surface area contributed by atoms with Gasteiger partial charge < -0.3 is 15.2 Å². The Balaban J connectivity index is 2.08. The van der Waals surface area contributed by atoms with E-state index in [-0.39, 0.29) is 11.1 Å². The molecule has 2 aliphatic heterocycles. The van der Waals surface area contributed by atoms with Crippen LogP contribution in [0, 0.1) is 0 Å². The third-order valence-corrected chi connectivity index (χ3v) is 3.90. The monoisotopic (exact) mass is 228 g/mol. The number of nitrogens with zero attached hydrogens (tertiary/aromatic N) is 1. The molecule has 2 saturated heterocycles. The normalized spacial score (nSPS) is 30.2. The second kappa shape index (κ2) is 4.61. The fraction of sp³-hybridized carbons (Fsp3) is 1.00. The average molecular weight is 228 g/mol. The Kier molecular flexibility index (Phi) is 3.54. The summed E-state index contributed by atoms with van der Waals surface area (Å²) in [6, 6.07) is 0. The van der Waals surface area contributed by atoms with Crippen molar-refractivity contribution in [2.75, 3.05) is 39.5 Å². The summed E-state index contributed by atoms with van der Waals surface area (Å²) in [6.07, 6.45) is 2.11. The van der Waals surface area contributed by atoms with E-state index in [0.29, 0.717) is 0 Å².